The van der Waals surface area contributed by atoms with Gasteiger partial charge in [0.2, 0.25) is 0 Å². The van der Waals surface area contributed by atoms with Gasteiger partial charge in [-0.05, 0) is 42.3 Å². The summed E-state index contributed by atoms with van der Waals surface area (Å²) < 4.78 is 13.5. The van der Waals surface area contributed by atoms with Crippen LogP contribution in [0.1, 0.15) is 16.7 Å². The Morgan fingerprint density at radius 3 is 2.64 bits per heavy atom. The standard InChI is InChI=1S/C20H25FN4/c1-15-9-19(24-7-5-22-6-8-24)18-12-23-14-25(20(18)10-15)13-16-3-2-4-17(21)11-16/h2-4,9-11,22-23H,5-8,12-14H2,1H3. The summed E-state index contributed by atoms with van der Waals surface area (Å²) in [7, 11) is 0. The van der Waals surface area contributed by atoms with Crippen LogP contribution in [0.15, 0.2) is 36.4 Å². The van der Waals surface area contributed by atoms with E-state index in [2.05, 4.69) is 39.5 Å². The number of piperazine rings is 1. The lowest BCUT2D eigenvalue weighted by Gasteiger charge is -2.37. The second kappa shape index (κ2) is 7.02. The molecule has 2 aliphatic heterocycles. The summed E-state index contributed by atoms with van der Waals surface area (Å²) in [5.41, 5.74) is 6.25. The number of hydrogen-bond acceptors (Lipinski definition) is 4. The normalized spacial score (nSPS) is 17.5. The molecule has 2 N–H and O–H groups in total. The van der Waals surface area contributed by atoms with Gasteiger partial charge in [0.1, 0.15) is 5.82 Å². The fourth-order valence-corrected chi connectivity index (χ4v) is 3.83. The van der Waals surface area contributed by atoms with Crippen LogP contribution in [0.3, 0.4) is 0 Å². The Labute approximate surface area is 148 Å². The van der Waals surface area contributed by atoms with Gasteiger partial charge in [0, 0.05) is 56.2 Å². The number of halogens is 1. The summed E-state index contributed by atoms with van der Waals surface area (Å²) in [5, 5.41) is 6.94. The SMILES string of the molecule is Cc1cc(N2CCNCC2)c2c(c1)N(Cc1cccc(F)c1)CNC2. The molecule has 0 spiro atoms. The molecule has 1 fully saturated rings. The maximum absolute atomic E-state index is 13.5. The van der Waals surface area contributed by atoms with Crippen molar-refractivity contribution in [1.29, 1.82) is 0 Å². The third-order valence-electron chi connectivity index (χ3n) is 5.01. The Kier molecular flexibility index (Phi) is 4.59. The zero-order valence-corrected chi connectivity index (χ0v) is 14.7. The lowest BCUT2D eigenvalue weighted by molar-refractivity contribution is 0.577. The summed E-state index contributed by atoms with van der Waals surface area (Å²) in [6.45, 7) is 8.69. The number of nitrogens with zero attached hydrogens (tertiary/aromatic N) is 2. The number of benzene rings is 2. The molecule has 2 aromatic carbocycles. The summed E-state index contributed by atoms with van der Waals surface area (Å²) in [6, 6.07) is 11.5. The van der Waals surface area contributed by atoms with Crippen LogP contribution in [0.5, 0.6) is 0 Å². The molecule has 0 radical (unpaired) electrons. The van der Waals surface area contributed by atoms with Crippen molar-refractivity contribution in [2.45, 2.75) is 20.0 Å². The van der Waals surface area contributed by atoms with Gasteiger partial charge in [0.15, 0.2) is 0 Å². The molecule has 0 bridgehead atoms. The summed E-state index contributed by atoms with van der Waals surface area (Å²) >= 11 is 0. The Morgan fingerprint density at radius 1 is 1.04 bits per heavy atom. The average Bonchev–Trinajstić information content (AvgIpc) is 2.62. The van der Waals surface area contributed by atoms with E-state index in [1.165, 1.54) is 28.6 Å². The van der Waals surface area contributed by atoms with E-state index >= 15 is 0 Å². The van der Waals surface area contributed by atoms with Crippen LogP contribution in [0.2, 0.25) is 0 Å². The zero-order chi connectivity index (χ0) is 17.2. The molecule has 132 valence electrons. The third-order valence-corrected chi connectivity index (χ3v) is 5.01. The minimum Gasteiger partial charge on any atom is -0.369 e. The Hall–Kier alpha value is -2.11. The molecule has 2 aromatic rings. The number of nitrogens with one attached hydrogen (secondary N) is 2. The Balaban J connectivity index is 1.67. The molecule has 5 heteroatoms. The highest BCUT2D eigenvalue weighted by Gasteiger charge is 2.23. The van der Waals surface area contributed by atoms with Gasteiger partial charge in [-0.2, -0.15) is 0 Å². The Morgan fingerprint density at radius 2 is 1.84 bits per heavy atom. The van der Waals surface area contributed by atoms with Crippen molar-refractivity contribution in [1.82, 2.24) is 10.6 Å². The molecule has 2 aliphatic rings. The monoisotopic (exact) mass is 340 g/mol. The highest BCUT2D eigenvalue weighted by atomic mass is 19.1. The van der Waals surface area contributed by atoms with Gasteiger partial charge in [-0.15, -0.1) is 0 Å². The van der Waals surface area contributed by atoms with Gasteiger partial charge in [0.25, 0.3) is 0 Å². The predicted octanol–water partition coefficient (Wildman–Crippen LogP) is 2.61. The largest absolute Gasteiger partial charge is 0.369 e. The fourth-order valence-electron chi connectivity index (χ4n) is 3.83. The van der Waals surface area contributed by atoms with Crippen LogP contribution in [0.4, 0.5) is 15.8 Å². The molecule has 4 rings (SSSR count). The third kappa shape index (κ3) is 3.48. The number of anilines is 2. The topological polar surface area (TPSA) is 30.5 Å². The average molecular weight is 340 g/mol. The molecule has 0 amide bonds. The van der Waals surface area contributed by atoms with Crippen LogP contribution < -0.4 is 20.4 Å². The molecule has 25 heavy (non-hydrogen) atoms. The molecule has 2 heterocycles. The molecule has 4 nitrogen and oxygen atoms in total. The number of aryl methyl sites for hydroxylation is 1. The van der Waals surface area contributed by atoms with Crippen LogP contribution in [0.25, 0.3) is 0 Å². The van der Waals surface area contributed by atoms with Crippen molar-refractivity contribution >= 4 is 11.4 Å². The van der Waals surface area contributed by atoms with Crippen LogP contribution in [0, 0.1) is 12.7 Å². The van der Waals surface area contributed by atoms with Crippen molar-refractivity contribution in [2.75, 3.05) is 42.6 Å². The van der Waals surface area contributed by atoms with Crippen molar-refractivity contribution in [3.63, 3.8) is 0 Å². The maximum Gasteiger partial charge on any atom is 0.123 e. The molecule has 1 saturated heterocycles. The van der Waals surface area contributed by atoms with E-state index in [0.29, 0.717) is 6.54 Å². The number of hydrogen-bond donors (Lipinski definition) is 2. The van der Waals surface area contributed by atoms with Gasteiger partial charge in [-0.3, -0.25) is 5.32 Å². The van der Waals surface area contributed by atoms with Gasteiger partial charge < -0.3 is 15.1 Å². The van der Waals surface area contributed by atoms with E-state index in [0.717, 1.165) is 45.0 Å². The molecule has 0 aliphatic carbocycles. The lowest BCUT2D eigenvalue weighted by Crippen LogP contribution is -2.45. The number of rotatable bonds is 3. The minimum atomic E-state index is -0.173. The predicted molar refractivity (Wildman–Crippen MR) is 101 cm³/mol. The van der Waals surface area contributed by atoms with E-state index in [9.17, 15) is 4.39 Å². The summed E-state index contributed by atoms with van der Waals surface area (Å²) in [5.74, 6) is -0.173. The molecular formula is C20H25FN4. The maximum atomic E-state index is 13.5. The van der Waals surface area contributed by atoms with Crippen molar-refractivity contribution < 1.29 is 4.39 Å². The second-order valence-corrected chi connectivity index (χ2v) is 6.93. The van der Waals surface area contributed by atoms with E-state index in [1.807, 2.05) is 6.07 Å². The van der Waals surface area contributed by atoms with E-state index < -0.39 is 0 Å². The molecular weight excluding hydrogens is 315 g/mol. The summed E-state index contributed by atoms with van der Waals surface area (Å²) in [4.78, 5) is 4.79. The number of fused-ring (bicyclic) bond motifs is 1. The molecule has 0 unspecified atom stereocenters. The van der Waals surface area contributed by atoms with Crippen LogP contribution in [-0.4, -0.2) is 32.8 Å². The van der Waals surface area contributed by atoms with Crippen molar-refractivity contribution in [2.24, 2.45) is 0 Å². The quantitative estimate of drug-likeness (QED) is 0.899. The van der Waals surface area contributed by atoms with Crippen LogP contribution in [-0.2, 0) is 13.1 Å². The highest BCUT2D eigenvalue weighted by Crippen LogP contribution is 2.35. The van der Waals surface area contributed by atoms with E-state index in [1.54, 1.807) is 12.1 Å². The minimum absolute atomic E-state index is 0.173. The Bertz CT molecular complexity index is 755. The van der Waals surface area contributed by atoms with Gasteiger partial charge >= 0.3 is 0 Å². The first kappa shape index (κ1) is 16.4. The molecule has 0 atom stereocenters. The van der Waals surface area contributed by atoms with Crippen molar-refractivity contribution in [3.05, 3.63) is 58.9 Å². The van der Waals surface area contributed by atoms with Crippen molar-refractivity contribution in [3.8, 4) is 0 Å². The van der Waals surface area contributed by atoms with Gasteiger partial charge in [0.05, 0.1) is 6.67 Å². The van der Waals surface area contributed by atoms with E-state index in [-0.39, 0.29) is 5.82 Å². The fraction of sp³-hybridized carbons (Fsp3) is 0.400. The first-order valence-electron chi connectivity index (χ1n) is 9.00. The zero-order valence-electron chi connectivity index (χ0n) is 14.7. The second-order valence-electron chi connectivity index (χ2n) is 6.93. The molecule has 0 aromatic heterocycles. The smallest absolute Gasteiger partial charge is 0.123 e. The molecule has 0 saturated carbocycles. The first-order valence-corrected chi connectivity index (χ1v) is 9.00. The van der Waals surface area contributed by atoms with Gasteiger partial charge in [-0.1, -0.05) is 12.1 Å². The van der Waals surface area contributed by atoms with Gasteiger partial charge in [-0.25, -0.2) is 4.39 Å². The van der Waals surface area contributed by atoms with E-state index in [4.69, 9.17) is 0 Å². The van der Waals surface area contributed by atoms with Crippen LogP contribution >= 0.6 is 0 Å². The first-order chi connectivity index (χ1) is 12.2. The highest BCUT2D eigenvalue weighted by molar-refractivity contribution is 5.70. The lowest BCUT2D eigenvalue weighted by atomic mass is 10.0. The summed E-state index contributed by atoms with van der Waals surface area (Å²) in [6.07, 6.45) is 0.